The Labute approximate surface area is 214 Å². The normalized spacial score (nSPS) is 26.2. The quantitative estimate of drug-likeness (QED) is 0.268. The first-order chi connectivity index (χ1) is 17.5. The van der Waals surface area contributed by atoms with Crippen molar-refractivity contribution in [2.75, 3.05) is 13.4 Å². The Morgan fingerprint density at radius 2 is 1.54 bits per heavy atom. The summed E-state index contributed by atoms with van der Waals surface area (Å²) in [6.07, 6.45) is -3.83. The second kappa shape index (κ2) is 12.2. The van der Waals surface area contributed by atoms with Gasteiger partial charge in [-0.1, -0.05) is 6.07 Å². The van der Waals surface area contributed by atoms with E-state index in [0.717, 1.165) is 26.3 Å². The Bertz CT molecular complexity index is 1010. The smallest absolute Gasteiger partial charge is 0.303 e. The van der Waals surface area contributed by atoms with Gasteiger partial charge < -0.3 is 38.3 Å². The number of hydrogen-bond donors (Lipinski definition) is 1. The lowest BCUT2D eigenvalue weighted by Crippen LogP contribution is -2.68. The SMILES string of the molecule is CC(=O)OC[C@H]1O[C@](O)(CCCCc2ccc3c(c2)OCO3)[C@H](OC(C)=O)[C@@H](OC(C)=O)[C@@H]1OC(C)=O. The standard InChI is InChI=1S/C25H32O12/c1-14(26)31-12-21-22(34-15(2)27)23(35-16(3)28)24(36-17(4)29)25(30,37-21)10-6-5-7-18-8-9-19-20(11-18)33-13-32-19/h8-9,11,21-24,30H,5-7,10,12-13H2,1-4H3/t21-,22-,23+,24-,25-/m1/s1. The van der Waals surface area contributed by atoms with Crippen molar-refractivity contribution in [1.29, 1.82) is 0 Å². The highest BCUT2D eigenvalue weighted by Crippen LogP contribution is 2.38. The first-order valence-corrected chi connectivity index (χ1v) is 11.9. The molecule has 1 saturated heterocycles. The number of ether oxygens (including phenoxy) is 7. The second-order valence-electron chi connectivity index (χ2n) is 8.88. The Morgan fingerprint density at radius 3 is 2.19 bits per heavy atom. The molecule has 2 aliphatic heterocycles. The Morgan fingerprint density at radius 1 is 0.892 bits per heavy atom. The molecule has 1 aromatic rings. The highest BCUT2D eigenvalue weighted by Gasteiger charge is 2.59. The zero-order chi connectivity index (χ0) is 27.2. The summed E-state index contributed by atoms with van der Waals surface area (Å²) in [4.78, 5) is 47.1. The molecule has 204 valence electrons. The molecule has 12 heteroatoms. The predicted octanol–water partition coefficient (Wildman–Crippen LogP) is 1.57. The van der Waals surface area contributed by atoms with Crippen LogP contribution in [0.1, 0.15) is 52.5 Å². The number of benzene rings is 1. The van der Waals surface area contributed by atoms with Gasteiger partial charge in [-0.2, -0.15) is 0 Å². The molecule has 0 radical (unpaired) electrons. The van der Waals surface area contributed by atoms with Gasteiger partial charge in [0.25, 0.3) is 0 Å². The lowest BCUT2D eigenvalue weighted by atomic mass is 9.88. The molecule has 2 aliphatic rings. The number of aliphatic hydroxyl groups is 1. The molecule has 37 heavy (non-hydrogen) atoms. The van der Waals surface area contributed by atoms with E-state index >= 15 is 0 Å². The molecule has 0 amide bonds. The van der Waals surface area contributed by atoms with Gasteiger partial charge in [0.1, 0.15) is 12.7 Å². The number of unbranched alkanes of at least 4 members (excludes halogenated alkanes) is 1. The van der Waals surface area contributed by atoms with Crippen LogP contribution in [0.2, 0.25) is 0 Å². The third kappa shape index (κ3) is 7.56. The number of hydrogen-bond acceptors (Lipinski definition) is 12. The monoisotopic (exact) mass is 524 g/mol. The average Bonchev–Trinajstić information content (AvgIpc) is 3.27. The number of esters is 4. The number of fused-ring (bicyclic) bond motifs is 1. The summed E-state index contributed by atoms with van der Waals surface area (Å²) in [6.45, 7) is 4.32. The Kier molecular flexibility index (Phi) is 9.33. The van der Waals surface area contributed by atoms with Crippen LogP contribution in [0.25, 0.3) is 0 Å². The summed E-state index contributed by atoms with van der Waals surface area (Å²) in [5, 5.41) is 11.6. The van der Waals surface area contributed by atoms with Crippen molar-refractivity contribution in [3.8, 4) is 11.5 Å². The predicted molar refractivity (Wildman–Crippen MR) is 123 cm³/mol. The van der Waals surface area contributed by atoms with Gasteiger partial charge in [-0.05, 0) is 37.0 Å². The van der Waals surface area contributed by atoms with Gasteiger partial charge >= 0.3 is 23.9 Å². The van der Waals surface area contributed by atoms with Crippen LogP contribution >= 0.6 is 0 Å². The Hall–Kier alpha value is -3.38. The van der Waals surface area contributed by atoms with E-state index < -0.39 is 60.7 Å². The average molecular weight is 525 g/mol. The summed E-state index contributed by atoms with van der Waals surface area (Å²) in [5.41, 5.74) is 0.998. The molecule has 0 spiro atoms. The van der Waals surface area contributed by atoms with Gasteiger partial charge in [0, 0.05) is 34.1 Å². The molecule has 1 aromatic carbocycles. The van der Waals surface area contributed by atoms with E-state index in [0.29, 0.717) is 30.8 Å². The Balaban J connectivity index is 1.80. The fourth-order valence-corrected chi connectivity index (χ4v) is 4.36. The number of carbonyl (C=O) groups excluding carboxylic acids is 4. The van der Waals surface area contributed by atoms with Gasteiger partial charge in [0.05, 0.1) is 0 Å². The van der Waals surface area contributed by atoms with Crippen LogP contribution in [0.4, 0.5) is 0 Å². The largest absolute Gasteiger partial charge is 0.463 e. The third-order valence-corrected chi connectivity index (χ3v) is 5.82. The van der Waals surface area contributed by atoms with Crippen LogP contribution in [-0.2, 0) is 49.3 Å². The minimum atomic E-state index is -2.14. The van der Waals surface area contributed by atoms with E-state index in [2.05, 4.69) is 0 Å². The summed E-state index contributed by atoms with van der Waals surface area (Å²) < 4.78 is 37.7. The van der Waals surface area contributed by atoms with Gasteiger partial charge in [-0.15, -0.1) is 0 Å². The van der Waals surface area contributed by atoms with Crippen molar-refractivity contribution in [1.82, 2.24) is 0 Å². The van der Waals surface area contributed by atoms with Crippen LogP contribution in [0.15, 0.2) is 18.2 Å². The number of rotatable bonds is 10. The number of aryl methyl sites for hydroxylation is 1. The molecule has 12 nitrogen and oxygen atoms in total. The highest BCUT2D eigenvalue weighted by atomic mass is 16.7. The summed E-state index contributed by atoms with van der Waals surface area (Å²) in [6, 6.07) is 5.62. The van der Waals surface area contributed by atoms with Crippen molar-refractivity contribution in [2.24, 2.45) is 0 Å². The highest BCUT2D eigenvalue weighted by molar-refractivity contribution is 5.68. The van der Waals surface area contributed by atoms with Crippen molar-refractivity contribution in [3.05, 3.63) is 23.8 Å². The first-order valence-electron chi connectivity index (χ1n) is 11.9. The molecule has 0 unspecified atom stereocenters. The summed E-state index contributed by atoms with van der Waals surface area (Å²) >= 11 is 0. The zero-order valence-corrected chi connectivity index (χ0v) is 21.2. The van der Waals surface area contributed by atoms with Gasteiger partial charge in [0.2, 0.25) is 12.6 Å². The van der Waals surface area contributed by atoms with E-state index in [4.69, 9.17) is 33.2 Å². The molecule has 0 bridgehead atoms. The van der Waals surface area contributed by atoms with Gasteiger partial charge in [-0.3, -0.25) is 19.2 Å². The van der Waals surface area contributed by atoms with Crippen molar-refractivity contribution in [3.63, 3.8) is 0 Å². The van der Waals surface area contributed by atoms with E-state index in [1.54, 1.807) is 0 Å². The summed E-state index contributed by atoms with van der Waals surface area (Å²) in [7, 11) is 0. The van der Waals surface area contributed by atoms with Gasteiger partial charge in [0.15, 0.2) is 29.8 Å². The molecular weight excluding hydrogens is 492 g/mol. The van der Waals surface area contributed by atoms with Crippen molar-refractivity contribution < 1.29 is 57.4 Å². The van der Waals surface area contributed by atoms with Crippen molar-refractivity contribution in [2.45, 2.75) is 83.6 Å². The summed E-state index contributed by atoms with van der Waals surface area (Å²) in [5.74, 6) is -3.71. The minimum Gasteiger partial charge on any atom is -0.463 e. The van der Waals surface area contributed by atoms with Crippen LogP contribution in [0.5, 0.6) is 11.5 Å². The van der Waals surface area contributed by atoms with Crippen LogP contribution in [-0.4, -0.2) is 72.6 Å². The molecule has 5 atom stereocenters. The molecular formula is C25H32O12. The minimum absolute atomic E-state index is 0.0311. The number of carbonyl (C=O) groups is 4. The lowest BCUT2D eigenvalue weighted by Gasteiger charge is -2.48. The first kappa shape index (κ1) is 28.2. The molecule has 0 aromatic heterocycles. The van der Waals surface area contributed by atoms with Crippen LogP contribution in [0.3, 0.4) is 0 Å². The molecule has 1 N–H and O–H groups in total. The van der Waals surface area contributed by atoms with E-state index in [9.17, 15) is 24.3 Å². The van der Waals surface area contributed by atoms with E-state index in [1.807, 2.05) is 18.2 Å². The maximum atomic E-state index is 11.9. The van der Waals surface area contributed by atoms with E-state index in [-0.39, 0.29) is 13.2 Å². The zero-order valence-electron chi connectivity index (χ0n) is 21.2. The van der Waals surface area contributed by atoms with Gasteiger partial charge in [-0.25, -0.2) is 0 Å². The van der Waals surface area contributed by atoms with Crippen LogP contribution in [0, 0.1) is 0 Å². The maximum Gasteiger partial charge on any atom is 0.303 e. The van der Waals surface area contributed by atoms with Crippen molar-refractivity contribution >= 4 is 23.9 Å². The van der Waals surface area contributed by atoms with Crippen LogP contribution < -0.4 is 9.47 Å². The molecule has 2 heterocycles. The third-order valence-electron chi connectivity index (χ3n) is 5.82. The second-order valence-corrected chi connectivity index (χ2v) is 8.88. The maximum absolute atomic E-state index is 11.9. The van der Waals surface area contributed by atoms with E-state index in [1.165, 1.54) is 6.92 Å². The lowest BCUT2D eigenvalue weighted by molar-refractivity contribution is -0.354. The molecule has 0 saturated carbocycles. The fraction of sp³-hybridized carbons (Fsp3) is 0.600. The molecule has 3 rings (SSSR count). The molecule has 1 fully saturated rings. The fourth-order valence-electron chi connectivity index (χ4n) is 4.36. The topological polar surface area (TPSA) is 153 Å². The molecule has 0 aliphatic carbocycles.